The van der Waals surface area contributed by atoms with Crippen LogP contribution >= 0.6 is 0 Å². The maximum atomic E-state index is 13.1. The Hall–Kier alpha value is -2.70. The zero-order valence-electron chi connectivity index (χ0n) is 17.2. The van der Waals surface area contributed by atoms with Crippen LogP contribution in [0.15, 0.2) is 65.6 Å². The molecular weight excluding hydrogens is 398 g/mol. The zero-order chi connectivity index (χ0) is 21.3. The van der Waals surface area contributed by atoms with Crippen LogP contribution in [-0.2, 0) is 14.8 Å². The Morgan fingerprint density at radius 1 is 0.933 bits per heavy atom. The third kappa shape index (κ3) is 4.11. The Morgan fingerprint density at radius 2 is 1.63 bits per heavy atom. The minimum absolute atomic E-state index is 0.287. The van der Waals surface area contributed by atoms with Gasteiger partial charge in [-0.2, -0.15) is 4.31 Å². The van der Waals surface area contributed by atoms with Crippen LogP contribution in [0.1, 0.15) is 24.0 Å². The molecule has 0 N–H and O–H groups in total. The molecular formula is C24H25NO4S. The number of sulfonamides is 1. The Kier molecular flexibility index (Phi) is 5.62. The van der Waals surface area contributed by atoms with Crippen molar-refractivity contribution in [3.8, 4) is 5.75 Å². The van der Waals surface area contributed by atoms with Crippen molar-refractivity contribution in [3.63, 3.8) is 0 Å². The molecule has 30 heavy (non-hydrogen) atoms. The number of fused-ring (bicyclic) bond motifs is 1. The second-order valence-corrected chi connectivity index (χ2v) is 9.82. The molecule has 5 nitrogen and oxygen atoms in total. The summed E-state index contributed by atoms with van der Waals surface area (Å²) in [6.45, 7) is 4.52. The van der Waals surface area contributed by atoms with Gasteiger partial charge in [0, 0.05) is 13.1 Å². The summed E-state index contributed by atoms with van der Waals surface area (Å²) in [4.78, 5) is 12.9. The molecule has 4 rings (SSSR count). The molecule has 0 saturated carbocycles. The molecule has 1 aliphatic heterocycles. The number of rotatable bonds is 4. The first-order valence-corrected chi connectivity index (χ1v) is 11.6. The van der Waals surface area contributed by atoms with Crippen molar-refractivity contribution >= 4 is 26.8 Å². The third-order valence-electron chi connectivity index (χ3n) is 5.69. The van der Waals surface area contributed by atoms with Gasteiger partial charge in [-0.25, -0.2) is 8.42 Å². The van der Waals surface area contributed by atoms with Crippen molar-refractivity contribution in [2.45, 2.75) is 31.6 Å². The third-order valence-corrected chi connectivity index (χ3v) is 7.58. The highest BCUT2D eigenvalue weighted by molar-refractivity contribution is 7.89. The fraction of sp³-hybridized carbons (Fsp3) is 0.292. The number of benzene rings is 3. The van der Waals surface area contributed by atoms with Crippen LogP contribution in [0.2, 0.25) is 0 Å². The van der Waals surface area contributed by atoms with E-state index in [1.165, 1.54) is 4.31 Å². The molecule has 1 aliphatic rings. The van der Waals surface area contributed by atoms with E-state index in [0.29, 0.717) is 31.7 Å². The number of carbonyl (C=O) groups is 1. The van der Waals surface area contributed by atoms with Crippen LogP contribution in [0.25, 0.3) is 10.8 Å². The number of hydrogen-bond donors (Lipinski definition) is 0. The van der Waals surface area contributed by atoms with Crippen molar-refractivity contribution < 1.29 is 17.9 Å². The number of aryl methyl sites for hydroxylation is 2. The van der Waals surface area contributed by atoms with Gasteiger partial charge in [-0.1, -0.05) is 48.0 Å². The van der Waals surface area contributed by atoms with Gasteiger partial charge in [0.25, 0.3) is 0 Å². The largest absolute Gasteiger partial charge is 0.426 e. The summed E-state index contributed by atoms with van der Waals surface area (Å²) >= 11 is 0. The molecule has 1 saturated heterocycles. The van der Waals surface area contributed by atoms with E-state index in [1.54, 1.807) is 12.1 Å². The lowest BCUT2D eigenvalue weighted by Gasteiger charge is -2.30. The van der Waals surface area contributed by atoms with Crippen LogP contribution in [0.4, 0.5) is 0 Å². The maximum absolute atomic E-state index is 13.1. The van der Waals surface area contributed by atoms with Gasteiger partial charge in [-0.15, -0.1) is 0 Å². The predicted octanol–water partition coefficient (Wildman–Crippen LogP) is 4.46. The zero-order valence-corrected chi connectivity index (χ0v) is 18.0. The van der Waals surface area contributed by atoms with Gasteiger partial charge in [0.05, 0.1) is 10.8 Å². The van der Waals surface area contributed by atoms with Crippen LogP contribution in [0, 0.1) is 19.8 Å². The molecule has 3 aromatic carbocycles. The van der Waals surface area contributed by atoms with E-state index >= 15 is 0 Å². The Balaban J connectivity index is 1.43. The van der Waals surface area contributed by atoms with Crippen molar-refractivity contribution in [2.75, 3.05) is 13.1 Å². The number of ether oxygens (including phenoxy) is 1. The first-order chi connectivity index (χ1) is 14.3. The summed E-state index contributed by atoms with van der Waals surface area (Å²) in [5.74, 6) is -0.0183. The maximum Gasteiger partial charge on any atom is 0.314 e. The highest BCUT2D eigenvalue weighted by Gasteiger charge is 2.33. The monoisotopic (exact) mass is 423 g/mol. The molecule has 0 amide bonds. The molecule has 1 heterocycles. The molecule has 0 aromatic heterocycles. The number of esters is 1. The lowest BCUT2D eigenvalue weighted by Crippen LogP contribution is -2.41. The number of nitrogens with zero attached hydrogens (tertiary/aromatic N) is 1. The molecule has 0 aliphatic carbocycles. The lowest BCUT2D eigenvalue weighted by molar-refractivity contribution is -0.140. The van der Waals surface area contributed by atoms with Crippen molar-refractivity contribution in [1.29, 1.82) is 0 Å². The Morgan fingerprint density at radius 3 is 2.33 bits per heavy atom. The van der Waals surface area contributed by atoms with Crippen molar-refractivity contribution in [3.05, 3.63) is 71.8 Å². The van der Waals surface area contributed by atoms with E-state index in [9.17, 15) is 13.2 Å². The van der Waals surface area contributed by atoms with E-state index in [1.807, 2.05) is 62.4 Å². The van der Waals surface area contributed by atoms with Crippen LogP contribution < -0.4 is 4.74 Å². The van der Waals surface area contributed by atoms with E-state index in [-0.39, 0.29) is 16.8 Å². The van der Waals surface area contributed by atoms with Gasteiger partial charge >= 0.3 is 5.97 Å². The summed E-state index contributed by atoms with van der Waals surface area (Å²) < 4.78 is 33.2. The van der Waals surface area contributed by atoms with Gasteiger partial charge in [-0.3, -0.25) is 4.79 Å². The molecule has 1 fully saturated rings. The van der Waals surface area contributed by atoms with E-state index in [4.69, 9.17) is 4.74 Å². The molecule has 0 unspecified atom stereocenters. The lowest BCUT2D eigenvalue weighted by atomic mass is 9.98. The Bertz CT molecular complexity index is 1190. The first-order valence-electron chi connectivity index (χ1n) is 10.1. The quantitative estimate of drug-likeness (QED) is 0.459. The number of carbonyl (C=O) groups excluding carboxylic acids is 1. The SMILES string of the molecule is Cc1ccc(OC(=O)C2CCN(S(=O)(=O)c3ccc4ccccc4c3)CC2)c(C)c1. The number of hydrogen-bond acceptors (Lipinski definition) is 4. The molecule has 0 spiro atoms. The predicted molar refractivity (Wildman–Crippen MR) is 117 cm³/mol. The highest BCUT2D eigenvalue weighted by Crippen LogP contribution is 2.28. The highest BCUT2D eigenvalue weighted by atomic mass is 32.2. The normalized spacial score (nSPS) is 15.9. The molecule has 0 bridgehead atoms. The average molecular weight is 424 g/mol. The van der Waals surface area contributed by atoms with E-state index in [2.05, 4.69) is 0 Å². The summed E-state index contributed by atoms with van der Waals surface area (Å²) in [5.41, 5.74) is 2.03. The van der Waals surface area contributed by atoms with Crippen molar-refractivity contribution in [1.82, 2.24) is 4.31 Å². The van der Waals surface area contributed by atoms with Crippen molar-refractivity contribution in [2.24, 2.45) is 5.92 Å². The summed E-state index contributed by atoms with van der Waals surface area (Å²) in [6.07, 6.45) is 0.910. The standard InChI is InChI=1S/C24H25NO4S/c1-17-7-10-23(18(2)15-17)29-24(26)20-11-13-25(14-12-20)30(27,28)22-9-8-19-5-3-4-6-21(19)16-22/h3-10,15-16,20H,11-14H2,1-2H3. The van der Waals surface area contributed by atoms with Crippen LogP contribution in [0.3, 0.4) is 0 Å². The van der Waals surface area contributed by atoms with Gasteiger partial charge in [0.2, 0.25) is 10.0 Å². The fourth-order valence-electron chi connectivity index (χ4n) is 3.91. The molecule has 0 radical (unpaired) electrons. The summed E-state index contributed by atoms with van der Waals surface area (Å²) in [5, 5.41) is 1.90. The summed E-state index contributed by atoms with van der Waals surface area (Å²) in [6, 6.07) is 18.6. The van der Waals surface area contributed by atoms with Gasteiger partial charge in [0.1, 0.15) is 5.75 Å². The Labute approximate surface area is 177 Å². The molecule has 3 aromatic rings. The molecule has 0 atom stereocenters. The average Bonchev–Trinajstić information content (AvgIpc) is 2.75. The van der Waals surface area contributed by atoms with Gasteiger partial charge in [0.15, 0.2) is 0 Å². The molecule has 6 heteroatoms. The first kappa shape index (κ1) is 20.6. The fourth-order valence-corrected chi connectivity index (χ4v) is 5.42. The van der Waals surface area contributed by atoms with Crippen LogP contribution in [-0.4, -0.2) is 31.8 Å². The second-order valence-electron chi connectivity index (χ2n) is 7.88. The number of piperidine rings is 1. The molecule has 156 valence electrons. The van der Waals surface area contributed by atoms with Gasteiger partial charge in [-0.05, 0) is 61.2 Å². The van der Waals surface area contributed by atoms with E-state index in [0.717, 1.165) is 21.9 Å². The minimum Gasteiger partial charge on any atom is -0.426 e. The topological polar surface area (TPSA) is 63.7 Å². The van der Waals surface area contributed by atoms with Crippen LogP contribution in [0.5, 0.6) is 5.75 Å². The second kappa shape index (κ2) is 8.20. The smallest absolute Gasteiger partial charge is 0.314 e. The summed E-state index contributed by atoms with van der Waals surface area (Å²) in [7, 11) is -3.59. The van der Waals surface area contributed by atoms with Gasteiger partial charge < -0.3 is 4.74 Å². The minimum atomic E-state index is -3.59. The van der Waals surface area contributed by atoms with E-state index < -0.39 is 10.0 Å².